The van der Waals surface area contributed by atoms with E-state index in [0.717, 1.165) is 12.2 Å². The number of nitrogens with one attached hydrogen (secondary N) is 2. The Hall–Kier alpha value is -2.33. The fourth-order valence-corrected chi connectivity index (χ4v) is 2.19. The molecule has 0 aliphatic heterocycles. The molecule has 0 bridgehead atoms. The third kappa shape index (κ3) is 8.02. The highest BCUT2D eigenvalue weighted by Crippen LogP contribution is 2.18. The second-order valence-electron chi connectivity index (χ2n) is 4.81. The number of terminal acetylenes is 1. The number of ether oxygens (including phenoxy) is 1. The first-order chi connectivity index (χ1) is 11.0. The summed E-state index contributed by atoms with van der Waals surface area (Å²) >= 11 is 1.38. The van der Waals surface area contributed by atoms with Gasteiger partial charge in [-0.1, -0.05) is 17.3 Å². The van der Waals surface area contributed by atoms with Crippen LogP contribution in [0.15, 0.2) is 10.4 Å². The minimum absolute atomic E-state index is 0.0802. The zero-order valence-corrected chi connectivity index (χ0v) is 13.9. The summed E-state index contributed by atoms with van der Waals surface area (Å²) in [5.41, 5.74) is 0.921. The first-order valence-corrected chi connectivity index (χ1v) is 7.71. The van der Waals surface area contributed by atoms with Crippen molar-refractivity contribution >= 4 is 17.3 Å². The number of hydrogen-bond acceptors (Lipinski definition) is 7. The first-order valence-electron chi connectivity index (χ1n) is 6.83. The van der Waals surface area contributed by atoms with Crippen molar-refractivity contribution < 1.29 is 9.84 Å². The van der Waals surface area contributed by atoms with E-state index in [1.54, 1.807) is 6.19 Å². The number of nitrogens with zero attached hydrogens (tertiary/aromatic N) is 4. The summed E-state index contributed by atoms with van der Waals surface area (Å²) in [6.07, 6.45) is 5.98. The molecule has 0 aliphatic carbocycles. The lowest BCUT2D eigenvalue weighted by Crippen LogP contribution is -2.42. The maximum Gasteiger partial charge on any atom is 0.273 e. The molecule has 0 saturated carbocycles. The third-order valence-electron chi connectivity index (χ3n) is 2.43. The van der Waals surface area contributed by atoms with Crippen LogP contribution in [0.25, 0.3) is 0 Å². The van der Waals surface area contributed by atoms with Crippen molar-refractivity contribution in [3.63, 3.8) is 0 Å². The van der Waals surface area contributed by atoms with Crippen LogP contribution in [0.2, 0.25) is 0 Å². The number of nitriles is 1. The number of aliphatic imine (C=N–C) groups is 1. The molecule has 0 saturated heterocycles. The molecule has 1 rings (SSSR count). The number of aliphatic hydroxyl groups excluding tert-OH is 1. The summed E-state index contributed by atoms with van der Waals surface area (Å²) in [4.78, 5) is 9.84. The van der Waals surface area contributed by atoms with Crippen LogP contribution in [-0.4, -0.2) is 60.8 Å². The van der Waals surface area contributed by atoms with Crippen LogP contribution >= 0.6 is 11.3 Å². The fraction of sp³-hybridized carbons (Fsp3) is 0.500. The van der Waals surface area contributed by atoms with E-state index in [9.17, 15) is 5.11 Å². The molecule has 124 valence electrons. The van der Waals surface area contributed by atoms with Gasteiger partial charge in [0.05, 0.1) is 12.2 Å². The molecule has 1 heterocycles. The normalized spacial score (nSPS) is 12.3. The van der Waals surface area contributed by atoms with Gasteiger partial charge in [0.1, 0.15) is 12.7 Å². The predicted molar refractivity (Wildman–Crippen MR) is 88.9 cm³/mol. The zero-order chi connectivity index (χ0) is 17.1. The van der Waals surface area contributed by atoms with E-state index < -0.39 is 6.10 Å². The summed E-state index contributed by atoms with van der Waals surface area (Å²) in [6.45, 7) is 1.21. The monoisotopic (exact) mass is 336 g/mol. The van der Waals surface area contributed by atoms with E-state index >= 15 is 0 Å². The molecule has 0 aliphatic rings. The SMILES string of the molecule is C#CCNC(=NC#N)NCC(O)COc1nc(CN(C)C)cs1. The molecular weight excluding hydrogens is 316 g/mol. The molecule has 1 atom stereocenters. The molecule has 0 spiro atoms. The van der Waals surface area contributed by atoms with Crippen LogP contribution < -0.4 is 15.4 Å². The molecule has 1 aromatic rings. The Morgan fingerprint density at radius 1 is 1.61 bits per heavy atom. The van der Waals surface area contributed by atoms with Gasteiger partial charge in [0.2, 0.25) is 12.2 Å². The lowest BCUT2D eigenvalue weighted by atomic mass is 10.4. The number of hydrogen-bond donors (Lipinski definition) is 3. The molecule has 9 heteroatoms. The molecule has 0 aromatic carbocycles. The summed E-state index contributed by atoms with van der Waals surface area (Å²) in [5.74, 6) is 2.58. The van der Waals surface area contributed by atoms with Crippen molar-refractivity contribution in [2.75, 3.05) is 33.8 Å². The van der Waals surface area contributed by atoms with Gasteiger partial charge in [-0.3, -0.25) is 0 Å². The van der Waals surface area contributed by atoms with Crippen molar-refractivity contribution in [1.29, 1.82) is 5.26 Å². The topological polar surface area (TPSA) is 106 Å². The van der Waals surface area contributed by atoms with Crippen LogP contribution in [0.3, 0.4) is 0 Å². The van der Waals surface area contributed by atoms with Gasteiger partial charge in [0.15, 0.2) is 0 Å². The molecule has 0 radical (unpaired) electrons. The van der Waals surface area contributed by atoms with E-state index in [-0.39, 0.29) is 25.7 Å². The van der Waals surface area contributed by atoms with E-state index in [2.05, 4.69) is 26.5 Å². The van der Waals surface area contributed by atoms with Gasteiger partial charge in [-0.05, 0) is 14.1 Å². The van der Waals surface area contributed by atoms with Crippen molar-refractivity contribution in [1.82, 2.24) is 20.5 Å². The van der Waals surface area contributed by atoms with Crippen LogP contribution in [-0.2, 0) is 6.54 Å². The Kier molecular flexibility index (Phi) is 8.47. The van der Waals surface area contributed by atoms with Crippen LogP contribution in [0.1, 0.15) is 5.69 Å². The maximum atomic E-state index is 9.88. The smallest absolute Gasteiger partial charge is 0.273 e. The first kappa shape index (κ1) is 18.7. The molecular formula is C14H20N6O2S. The van der Waals surface area contributed by atoms with Crippen LogP contribution in [0.4, 0.5) is 0 Å². The predicted octanol–water partition coefficient (Wildman–Crippen LogP) is -0.406. The third-order valence-corrected chi connectivity index (χ3v) is 3.23. The average Bonchev–Trinajstić information content (AvgIpc) is 2.94. The van der Waals surface area contributed by atoms with Crippen molar-refractivity contribution in [3.05, 3.63) is 11.1 Å². The van der Waals surface area contributed by atoms with Crippen LogP contribution in [0.5, 0.6) is 5.19 Å². The molecule has 8 nitrogen and oxygen atoms in total. The minimum Gasteiger partial charge on any atom is -0.467 e. The van der Waals surface area contributed by atoms with Gasteiger partial charge in [-0.25, -0.2) is 4.98 Å². The zero-order valence-electron chi connectivity index (χ0n) is 13.1. The summed E-state index contributed by atoms with van der Waals surface area (Å²) in [6, 6.07) is 0. The number of guanidine groups is 1. The Morgan fingerprint density at radius 2 is 2.39 bits per heavy atom. The van der Waals surface area contributed by atoms with Gasteiger partial charge in [-0.2, -0.15) is 5.26 Å². The highest BCUT2D eigenvalue weighted by molar-refractivity contribution is 7.11. The molecule has 3 N–H and O–H groups in total. The maximum absolute atomic E-state index is 9.88. The number of aliphatic hydroxyl groups is 1. The standard InChI is InChI=1S/C14H20N6O2S/c1-4-5-16-13(18-10-15)17-6-12(21)8-22-14-19-11(9-23-14)7-20(2)3/h1,9,12,21H,5-8H2,2-3H3,(H2,16,17,18). The number of aromatic nitrogens is 1. The summed E-state index contributed by atoms with van der Waals surface area (Å²) in [7, 11) is 3.92. The van der Waals surface area contributed by atoms with Crippen molar-refractivity contribution in [2.45, 2.75) is 12.6 Å². The Bertz CT molecular complexity index is 587. The van der Waals surface area contributed by atoms with E-state index in [1.807, 2.05) is 24.4 Å². The summed E-state index contributed by atoms with van der Waals surface area (Å²) < 4.78 is 5.44. The van der Waals surface area contributed by atoms with Gasteiger partial charge in [0, 0.05) is 18.5 Å². The minimum atomic E-state index is -0.785. The Morgan fingerprint density at radius 3 is 3.04 bits per heavy atom. The molecule has 0 fully saturated rings. The number of thiazole rings is 1. The number of rotatable bonds is 8. The second-order valence-corrected chi connectivity index (χ2v) is 5.63. The lowest BCUT2D eigenvalue weighted by molar-refractivity contribution is 0.110. The van der Waals surface area contributed by atoms with Crippen molar-refractivity contribution in [2.24, 2.45) is 4.99 Å². The van der Waals surface area contributed by atoms with Gasteiger partial charge < -0.3 is 25.4 Å². The molecule has 23 heavy (non-hydrogen) atoms. The second kappa shape index (κ2) is 10.4. The van der Waals surface area contributed by atoms with Gasteiger partial charge >= 0.3 is 0 Å². The van der Waals surface area contributed by atoms with E-state index in [4.69, 9.17) is 16.4 Å². The average molecular weight is 336 g/mol. The quantitative estimate of drug-likeness (QED) is 0.256. The van der Waals surface area contributed by atoms with Gasteiger partial charge in [0.25, 0.3) is 5.19 Å². The lowest BCUT2D eigenvalue weighted by Gasteiger charge is -2.13. The Balaban J connectivity index is 2.35. The summed E-state index contributed by atoms with van der Waals surface area (Å²) in [5, 5.41) is 26.4. The van der Waals surface area contributed by atoms with Gasteiger partial charge in [-0.15, -0.1) is 11.4 Å². The highest BCUT2D eigenvalue weighted by Gasteiger charge is 2.09. The highest BCUT2D eigenvalue weighted by atomic mass is 32.1. The molecule has 1 aromatic heterocycles. The molecule has 0 amide bonds. The van der Waals surface area contributed by atoms with Crippen LogP contribution in [0, 0.1) is 23.8 Å². The largest absolute Gasteiger partial charge is 0.467 e. The van der Waals surface area contributed by atoms with Crippen molar-refractivity contribution in [3.8, 4) is 23.7 Å². The van der Waals surface area contributed by atoms with E-state index in [0.29, 0.717) is 5.19 Å². The Labute approximate surface area is 139 Å². The van der Waals surface area contributed by atoms with E-state index in [1.165, 1.54) is 11.3 Å². The fourth-order valence-electron chi connectivity index (χ4n) is 1.52. The molecule has 1 unspecified atom stereocenters.